The summed E-state index contributed by atoms with van der Waals surface area (Å²) >= 11 is 18.4. The first kappa shape index (κ1) is 20.0. The lowest BCUT2D eigenvalue weighted by atomic mass is 10.2. The second-order valence-corrected chi connectivity index (χ2v) is 7.63. The third-order valence-corrected chi connectivity index (χ3v) is 4.47. The summed E-state index contributed by atoms with van der Waals surface area (Å²) in [5.41, 5.74) is 5.62. The highest BCUT2D eigenvalue weighted by Gasteiger charge is 2.12. The minimum Gasteiger partial charge on any atom is -0.482 e. The van der Waals surface area contributed by atoms with E-state index in [4.69, 9.17) is 27.9 Å². The van der Waals surface area contributed by atoms with Crippen molar-refractivity contribution in [2.24, 2.45) is 0 Å². The van der Waals surface area contributed by atoms with Crippen molar-refractivity contribution in [2.75, 3.05) is 6.61 Å². The number of carbonyl (C=O) groups excluding carboxylic acids is 2. The number of rotatable bonds is 4. The molecule has 0 saturated carbocycles. The summed E-state index contributed by atoms with van der Waals surface area (Å²) in [7, 11) is 0. The van der Waals surface area contributed by atoms with E-state index in [1.807, 2.05) is 19.1 Å². The lowest BCUT2D eigenvalue weighted by molar-refractivity contribution is -0.123. The van der Waals surface area contributed by atoms with E-state index in [2.05, 4.69) is 42.7 Å². The van der Waals surface area contributed by atoms with E-state index in [1.165, 1.54) is 18.2 Å². The summed E-state index contributed by atoms with van der Waals surface area (Å²) in [6.07, 6.45) is 0. The number of nitrogens with one attached hydrogen (secondary N) is 2. The standard InChI is InChI=1S/C16H12Br2Cl2N2O3/c1-8-2-10(17)5-13(18)15(8)25-7-14(23)21-22-16(24)9-3-11(19)6-12(20)4-9/h2-6H,7H2,1H3,(H,21,23)(H,22,24). The van der Waals surface area contributed by atoms with E-state index in [-0.39, 0.29) is 12.2 Å². The Labute approximate surface area is 171 Å². The van der Waals surface area contributed by atoms with Crippen molar-refractivity contribution >= 4 is 66.9 Å². The topological polar surface area (TPSA) is 67.4 Å². The Hall–Kier alpha value is -1.28. The maximum absolute atomic E-state index is 12.0. The second-order valence-electron chi connectivity index (χ2n) is 4.98. The van der Waals surface area contributed by atoms with Crippen molar-refractivity contribution in [1.29, 1.82) is 0 Å². The first-order chi connectivity index (χ1) is 11.8. The molecule has 0 heterocycles. The fraction of sp³-hybridized carbons (Fsp3) is 0.125. The van der Waals surface area contributed by atoms with Crippen LogP contribution in [0.2, 0.25) is 10.0 Å². The Morgan fingerprint density at radius 1 is 1.04 bits per heavy atom. The third-order valence-electron chi connectivity index (χ3n) is 2.98. The van der Waals surface area contributed by atoms with Gasteiger partial charge in [-0.05, 0) is 58.7 Å². The Bertz CT molecular complexity index is 788. The zero-order valence-electron chi connectivity index (χ0n) is 12.8. The second kappa shape index (κ2) is 8.89. The SMILES string of the molecule is Cc1cc(Br)cc(Br)c1OCC(=O)NNC(=O)c1cc(Cl)cc(Cl)c1. The monoisotopic (exact) mass is 508 g/mol. The smallest absolute Gasteiger partial charge is 0.276 e. The molecule has 132 valence electrons. The van der Waals surface area contributed by atoms with E-state index in [9.17, 15) is 9.59 Å². The zero-order chi connectivity index (χ0) is 18.6. The number of aryl methyl sites for hydroxylation is 1. The van der Waals surface area contributed by atoms with Crippen molar-refractivity contribution < 1.29 is 14.3 Å². The Kier molecular flexibility index (Phi) is 7.13. The van der Waals surface area contributed by atoms with Gasteiger partial charge in [0.05, 0.1) is 4.47 Å². The first-order valence-electron chi connectivity index (χ1n) is 6.90. The van der Waals surface area contributed by atoms with E-state index in [0.29, 0.717) is 20.3 Å². The summed E-state index contributed by atoms with van der Waals surface area (Å²) < 4.78 is 7.09. The number of benzene rings is 2. The largest absolute Gasteiger partial charge is 0.482 e. The molecule has 0 bridgehead atoms. The third kappa shape index (κ3) is 5.88. The molecule has 5 nitrogen and oxygen atoms in total. The molecule has 0 aliphatic carbocycles. The lowest BCUT2D eigenvalue weighted by Gasteiger charge is -2.12. The quantitative estimate of drug-likeness (QED) is 0.588. The molecule has 9 heteroatoms. The van der Waals surface area contributed by atoms with E-state index in [1.54, 1.807) is 0 Å². The molecular formula is C16H12Br2Cl2N2O3. The van der Waals surface area contributed by atoms with Crippen molar-refractivity contribution in [3.8, 4) is 5.75 Å². The van der Waals surface area contributed by atoms with Gasteiger partial charge in [-0.25, -0.2) is 0 Å². The number of halogens is 4. The van der Waals surface area contributed by atoms with Crippen LogP contribution in [0.25, 0.3) is 0 Å². The van der Waals surface area contributed by atoms with Crippen LogP contribution in [0.4, 0.5) is 0 Å². The summed E-state index contributed by atoms with van der Waals surface area (Å²) in [6, 6.07) is 8.06. The summed E-state index contributed by atoms with van der Waals surface area (Å²) in [5, 5.41) is 0.644. The summed E-state index contributed by atoms with van der Waals surface area (Å²) in [6.45, 7) is 1.59. The van der Waals surface area contributed by atoms with Crippen LogP contribution in [0.15, 0.2) is 39.3 Å². The molecule has 0 unspecified atom stereocenters. The maximum Gasteiger partial charge on any atom is 0.276 e. The van der Waals surface area contributed by atoms with Crippen LogP contribution >= 0.6 is 55.1 Å². The average Bonchev–Trinajstić information content (AvgIpc) is 2.50. The molecular weight excluding hydrogens is 499 g/mol. The number of amides is 2. The first-order valence-corrected chi connectivity index (χ1v) is 9.24. The number of hydrogen-bond acceptors (Lipinski definition) is 3. The van der Waals surface area contributed by atoms with Crippen molar-refractivity contribution in [1.82, 2.24) is 10.9 Å². The average molecular weight is 511 g/mol. The Morgan fingerprint density at radius 2 is 1.68 bits per heavy atom. The van der Waals surface area contributed by atoms with Gasteiger partial charge >= 0.3 is 0 Å². The van der Waals surface area contributed by atoms with Crippen LogP contribution in [0.1, 0.15) is 15.9 Å². The molecule has 0 aliphatic heterocycles. The number of hydrazine groups is 1. The molecule has 0 aliphatic rings. The van der Waals surface area contributed by atoms with Gasteiger partial charge in [-0.3, -0.25) is 20.4 Å². The van der Waals surface area contributed by atoms with Gasteiger partial charge in [0.15, 0.2) is 6.61 Å². The van der Waals surface area contributed by atoms with Gasteiger partial charge in [0, 0.05) is 20.1 Å². The minimum absolute atomic E-state index is 0.227. The van der Waals surface area contributed by atoms with Crippen molar-refractivity contribution in [3.63, 3.8) is 0 Å². The molecule has 0 spiro atoms. The molecule has 2 rings (SSSR count). The molecule has 0 atom stereocenters. The Balaban J connectivity index is 1.90. The van der Waals surface area contributed by atoms with Gasteiger partial charge in [-0.2, -0.15) is 0 Å². The predicted molar refractivity (Wildman–Crippen MR) is 104 cm³/mol. The fourth-order valence-corrected chi connectivity index (χ4v) is 4.01. The van der Waals surface area contributed by atoms with Gasteiger partial charge in [-0.15, -0.1) is 0 Å². The summed E-state index contributed by atoms with van der Waals surface area (Å²) in [5.74, 6) is -0.513. The molecule has 0 fully saturated rings. The normalized spacial score (nSPS) is 10.3. The lowest BCUT2D eigenvalue weighted by Crippen LogP contribution is -2.43. The number of carbonyl (C=O) groups is 2. The highest BCUT2D eigenvalue weighted by Crippen LogP contribution is 2.32. The van der Waals surface area contributed by atoms with Crippen LogP contribution < -0.4 is 15.6 Å². The molecule has 0 radical (unpaired) electrons. The zero-order valence-corrected chi connectivity index (χ0v) is 17.5. The van der Waals surface area contributed by atoms with Crippen LogP contribution in [-0.2, 0) is 4.79 Å². The van der Waals surface area contributed by atoms with E-state index in [0.717, 1.165) is 10.0 Å². The van der Waals surface area contributed by atoms with Gasteiger partial charge in [0.25, 0.3) is 11.8 Å². The van der Waals surface area contributed by atoms with Crippen LogP contribution in [0.5, 0.6) is 5.75 Å². The minimum atomic E-state index is -0.543. The highest BCUT2D eigenvalue weighted by molar-refractivity contribution is 9.11. The molecule has 25 heavy (non-hydrogen) atoms. The highest BCUT2D eigenvalue weighted by atomic mass is 79.9. The van der Waals surface area contributed by atoms with E-state index >= 15 is 0 Å². The van der Waals surface area contributed by atoms with E-state index < -0.39 is 11.8 Å². The number of ether oxygens (including phenoxy) is 1. The number of hydrogen-bond donors (Lipinski definition) is 2. The molecule has 0 aromatic heterocycles. The summed E-state index contributed by atoms with van der Waals surface area (Å²) in [4.78, 5) is 23.8. The van der Waals surface area contributed by atoms with Gasteiger partial charge in [0.2, 0.25) is 0 Å². The maximum atomic E-state index is 12.0. The Morgan fingerprint density at radius 3 is 2.28 bits per heavy atom. The van der Waals surface area contributed by atoms with Crippen molar-refractivity contribution in [2.45, 2.75) is 6.92 Å². The fourth-order valence-electron chi connectivity index (χ4n) is 1.93. The molecule has 0 saturated heterocycles. The van der Waals surface area contributed by atoms with Gasteiger partial charge in [-0.1, -0.05) is 39.1 Å². The van der Waals surface area contributed by atoms with Crippen LogP contribution in [0.3, 0.4) is 0 Å². The predicted octanol–water partition coefficient (Wildman–Crippen LogP) is 4.67. The van der Waals surface area contributed by atoms with Crippen LogP contribution in [0, 0.1) is 6.92 Å². The molecule has 2 aromatic carbocycles. The van der Waals surface area contributed by atoms with Crippen molar-refractivity contribution in [3.05, 3.63) is 60.4 Å². The van der Waals surface area contributed by atoms with Crippen LogP contribution in [-0.4, -0.2) is 18.4 Å². The molecule has 2 N–H and O–H groups in total. The molecule has 2 amide bonds. The molecule has 2 aromatic rings. The van der Waals surface area contributed by atoms with Gasteiger partial charge in [0.1, 0.15) is 5.75 Å². The van der Waals surface area contributed by atoms with Gasteiger partial charge < -0.3 is 4.74 Å².